The third-order valence-corrected chi connectivity index (χ3v) is 6.42. The minimum absolute atomic E-state index is 0.278. The summed E-state index contributed by atoms with van der Waals surface area (Å²) in [6, 6.07) is 7.23. The lowest BCUT2D eigenvalue weighted by molar-refractivity contribution is -0.134. The van der Waals surface area contributed by atoms with Crippen LogP contribution in [0.2, 0.25) is 0 Å². The van der Waals surface area contributed by atoms with E-state index in [1.807, 2.05) is 49.9 Å². The number of hydrogen-bond donors (Lipinski definition) is 2. The molecular weight excluding hydrogens is 376 g/mol. The van der Waals surface area contributed by atoms with E-state index in [-0.39, 0.29) is 18.4 Å². The van der Waals surface area contributed by atoms with Crippen molar-refractivity contribution in [3.8, 4) is 0 Å². The quantitative estimate of drug-likeness (QED) is 0.682. The van der Waals surface area contributed by atoms with Crippen molar-refractivity contribution < 1.29 is 14.4 Å². The van der Waals surface area contributed by atoms with Crippen LogP contribution >= 0.6 is 11.8 Å². The van der Waals surface area contributed by atoms with Gasteiger partial charge in [-0.15, -0.1) is 0 Å². The van der Waals surface area contributed by atoms with Gasteiger partial charge in [-0.2, -0.15) is 11.8 Å². The van der Waals surface area contributed by atoms with E-state index in [0.717, 1.165) is 41.6 Å². The lowest BCUT2D eigenvalue weighted by Crippen LogP contribution is -2.46. The first-order valence-corrected chi connectivity index (χ1v) is 11.0. The van der Waals surface area contributed by atoms with Gasteiger partial charge in [-0.05, 0) is 30.5 Å². The Morgan fingerprint density at radius 3 is 2.57 bits per heavy atom. The summed E-state index contributed by atoms with van der Waals surface area (Å²) in [6.07, 6.45) is 1.01. The van der Waals surface area contributed by atoms with Crippen molar-refractivity contribution in [1.29, 1.82) is 0 Å². The fraction of sp³-hybridized carbons (Fsp3) is 0.550. The molecule has 1 aromatic rings. The smallest absolute Gasteiger partial charge is 0.325 e. The number of carbonyl (C=O) groups excluding carboxylic acids is 3. The van der Waals surface area contributed by atoms with Crippen LogP contribution in [0.4, 0.5) is 10.5 Å². The molecule has 152 valence electrons. The van der Waals surface area contributed by atoms with Crippen LogP contribution in [0.15, 0.2) is 24.3 Å². The topological polar surface area (TPSA) is 81.8 Å². The lowest BCUT2D eigenvalue weighted by Gasteiger charge is -2.26. The molecule has 2 heterocycles. The van der Waals surface area contributed by atoms with Crippen molar-refractivity contribution in [1.82, 2.24) is 15.1 Å². The van der Waals surface area contributed by atoms with Gasteiger partial charge in [0.25, 0.3) is 5.91 Å². The maximum absolute atomic E-state index is 12.6. The first kappa shape index (κ1) is 20.7. The summed E-state index contributed by atoms with van der Waals surface area (Å²) >= 11 is 1.98. The molecule has 2 aliphatic rings. The van der Waals surface area contributed by atoms with Crippen LogP contribution in [0, 0.1) is 0 Å². The molecule has 0 bridgehead atoms. The van der Waals surface area contributed by atoms with Crippen LogP contribution in [0.1, 0.15) is 32.3 Å². The molecule has 3 rings (SSSR count). The zero-order valence-electron chi connectivity index (χ0n) is 16.5. The van der Waals surface area contributed by atoms with Crippen molar-refractivity contribution in [2.24, 2.45) is 0 Å². The number of rotatable bonds is 7. The van der Waals surface area contributed by atoms with Crippen molar-refractivity contribution in [3.05, 3.63) is 29.8 Å². The van der Waals surface area contributed by atoms with Gasteiger partial charge in [-0.25, -0.2) is 4.79 Å². The molecule has 4 amide bonds. The average Bonchev–Trinajstić information content (AvgIpc) is 2.93. The molecule has 0 atom stereocenters. The fourth-order valence-corrected chi connectivity index (χ4v) is 4.64. The van der Waals surface area contributed by atoms with Gasteiger partial charge in [0.05, 0.1) is 0 Å². The second kappa shape index (κ2) is 8.96. The van der Waals surface area contributed by atoms with Gasteiger partial charge in [-0.3, -0.25) is 19.4 Å². The third kappa shape index (κ3) is 4.50. The van der Waals surface area contributed by atoms with Crippen molar-refractivity contribution >= 4 is 35.3 Å². The molecule has 0 spiro atoms. The highest BCUT2D eigenvalue weighted by molar-refractivity contribution is 7.99. The number of imide groups is 1. The Balaban J connectivity index is 1.60. The van der Waals surface area contributed by atoms with Crippen LogP contribution in [0.5, 0.6) is 0 Å². The standard InChI is InChI=1S/C20H28N4O3S/c1-3-20(4-2)18(26)24(19(27)22-20)14-17(25)21-16-7-5-6-15(12-16)13-23-8-10-28-11-9-23/h5-7,12H,3-4,8-11,13-14H2,1-2H3,(H,21,25)(H,22,27). The molecule has 0 aliphatic carbocycles. The monoisotopic (exact) mass is 404 g/mol. The molecule has 0 radical (unpaired) electrons. The van der Waals surface area contributed by atoms with Gasteiger partial charge in [0.15, 0.2) is 0 Å². The highest BCUT2D eigenvalue weighted by Crippen LogP contribution is 2.25. The maximum atomic E-state index is 12.6. The van der Waals surface area contributed by atoms with Crippen molar-refractivity contribution in [2.75, 3.05) is 36.5 Å². The molecule has 0 saturated carbocycles. The number of benzene rings is 1. The molecule has 2 N–H and O–H groups in total. The first-order valence-electron chi connectivity index (χ1n) is 9.80. The Bertz CT molecular complexity index is 745. The summed E-state index contributed by atoms with van der Waals surface area (Å²) < 4.78 is 0. The summed E-state index contributed by atoms with van der Waals surface area (Å²) in [4.78, 5) is 40.7. The molecule has 1 aromatic carbocycles. The zero-order valence-corrected chi connectivity index (χ0v) is 17.3. The first-order chi connectivity index (χ1) is 13.5. The summed E-state index contributed by atoms with van der Waals surface area (Å²) in [7, 11) is 0. The molecule has 8 heteroatoms. The van der Waals surface area contributed by atoms with Gasteiger partial charge in [0, 0.05) is 36.8 Å². The molecule has 0 unspecified atom stereocenters. The van der Waals surface area contributed by atoms with Crippen LogP contribution in [0.25, 0.3) is 0 Å². The van der Waals surface area contributed by atoms with E-state index in [1.165, 1.54) is 0 Å². The Hall–Kier alpha value is -2.06. The lowest BCUT2D eigenvalue weighted by atomic mass is 9.93. The van der Waals surface area contributed by atoms with E-state index in [4.69, 9.17) is 0 Å². The van der Waals surface area contributed by atoms with Gasteiger partial charge in [0.1, 0.15) is 12.1 Å². The van der Waals surface area contributed by atoms with Crippen LogP contribution in [-0.4, -0.2) is 64.3 Å². The Morgan fingerprint density at radius 2 is 1.93 bits per heavy atom. The summed E-state index contributed by atoms with van der Waals surface area (Å²) in [5.41, 5.74) is 0.929. The Kier molecular flexibility index (Phi) is 6.61. The number of hydrogen-bond acceptors (Lipinski definition) is 5. The van der Waals surface area contributed by atoms with E-state index < -0.39 is 11.6 Å². The minimum atomic E-state index is -0.885. The van der Waals surface area contributed by atoms with Crippen LogP contribution in [-0.2, 0) is 16.1 Å². The Morgan fingerprint density at radius 1 is 1.21 bits per heavy atom. The van der Waals surface area contributed by atoms with Gasteiger partial charge < -0.3 is 10.6 Å². The second-order valence-corrected chi connectivity index (χ2v) is 8.47. The number of urea groups is 1. The van der Waals surface area contributed by atoms with E-state index >= 15 is 0 Å². The fourth-order valence-electron chi connectivity index (χ4n) is 3.66. The third-order valence-electron chi connectivity index (χ3n) is 5.48. The summed E-state index contributed by atoms with van der Waals surface area (Å²) in [5, 5.41) is 5.56. The molecule has 28 heavy (non-hydrogen) atoms. The molecular formula is C20H28N4O3S. The normalized spacial score (nSPS) is 19.6. The van der Waals surface area contributed by atoms with Gasteiger partial charge >= 0.3 is 6.03 Å². The number of nitrogens with zero attached hydrogens (tertiary/aromatic N) is 2. The molecule has 2 fully saturated rings. The van der Waals surface area contributed by atoms with Gasteiger partial charge in [0.2, 0.25) is 5.91 Å². The molecule has 2 saturated heterocycles. The van der Waals surface area contributed by atoms with E-state index in [0.29, 0.717) is 18.5 Å². The van der Waals surface area contributed by atoms with E-state index in [9.17, 15) is 14.4 Å². The van der Waals surface area contributed by atoms with Crippen molar-refractivity contribution in [2.45, 2.75) is 38.8 Å². The van der Waals surface area contributed by atoms with E-state index in [1.54, 1.807) is 0 Å². The van der Waals surface area contributed by atoms with Crippen molar-refractivity contribution in [3.63, 3.8) is 0 Å². The second-order valence-electron chi connectivity index (χ2n) is 7.25. The van der Waals surface area contributed by atoms with E-state index in [2.05, 4.69) is 15.5 Å². The number of anilines is 1. The number of amides is 4. The number of carbonyl (C=O) groups is 3. The Labute approximate surface area is 170 Å². The predicted octanol–water partition coefficient (Wildman–Crippen LogP) is 2.28. The number of nitrogens with one attached hydrogen (secondary N) is 2. The minimum Gasteiger partial charge on any atom is -0.325 e. The molecule has 2 aliphatic heterocycles. The summed E-state index contributed by atoms with van der Waals surface area (Å²) in [5.74, 6) is 1.60. The zero-order chi connectivity index (χ0) is 20.1. The maximum Gasteiger partial charge on any atom is 0.325 e. The highest BCUT2D eigenvalue weighted by Gasteiger charge is 2.49. The highest BCUT2D eigenvalue weighted by atomic mass is 32.2. The summed E-state index contributed by atoms with van der Waals surface area (Å²) in [6.45, 7) is 6.44. The molecule has 0 aromatic heterocycles. The predicted molar refractivity (Wildman–Crippen MR) is 111 cm³/mol. The van der Waals surface area contributed by atoms with Crippen LogP contribution in [0.3, 0.4) is 0 Å². The van der Waals surface area contributed by atoms with Gasteiger partial charge in [-0.1, -0.05) is 26.0 Å². The SMILES string of the molecule is CCC1(CC)NC(=O)N(CC(=O)Nc2cccc(CN3CCSCC3)c2)C1=O. The van der Waals surface area contributed by atoms with Crippen LogP contribution < -0.4 is 10.6 Å². The largest absolute Gasteiger partial charge is 0.325 e. The number of thioether (sulfide) groups is 1. The average molecular weight is 405 g/mol. The molecule has 7 nitrogen and oxygen atoms in total.